The summed E-state index contributed by atoms with van der Waals surface area (Å²) in [5.41, 5.74) is 2.44. The maximum absolute atomic E-state index is 12.6. The first-order chi connectivity index (χ1) is 13.3. The summed E-state index contributed by atoms with van der Waals surface area (Å²) in [5, 5.41) is 1.07. The molecular formula is C20H20N2O5S. The molecule has 3 rings (SSSR count). The normalized spacial score (nSPS) is 15.8. The van der Waals surface area contributed by atoms with E-state index >= 15 is 0 Å². The Bertz CT molecular complexity index is 969. The molecule has 0 spiro atoms. The molecule has 28 heavy (non-hydrogen) atoms. The fourth-order valence-corrected chi connectivity index (χ4v) is 3.74. The summed E-state index contributed by atoms with van der Waals surface area (Å²) in [5.74, 6) is -0.500. The number of imide groups is 1. The molecule has 0 aliphatic carbocycles. The van der Waals surface area contributed by atoms with E-state index in [1.54, 1.807) is 30.3 Å². The average molecular weight is 400 g/mol. The average Bonchev–Trinajstić information content (AvgIpc) is 2.99. The molecule has 1 heterocycles. The Morgan fingerprint density at radius 3 is 2.39 bits per heavy atom. The fourth-order valence-electron chi connectivity index (χ4n) is 2.72. The lowest BCUT2D eigenvalue weighted by Crippen LogP contribution is -2.39. The van der Waals surface area contributed by atoms with Crippen LogP contribution in [0, 0.1) is 6.92 Å². The van der Waals surface area contributed by atoms with Crippen molar-refractivity contribution in [3.05, 3.63) is 76.7 Å². The van der Waals surface area contributed by atoms with E-state index in [0.717, 1.165) is 21.4 Å². The largest absolute Gasteiger partial charge is 0.439 e. The SMILES string of the molecule is Cc1ccc(/C=C/S(=O)(=O)NC(CN2C(=O)COC2=O)c2ccccc2)cc1. The second kappa shape index (κ2) is 8.37. The van der Waals surface area contributed by atoms with Crippen molar-refractivity contribution < 1.29 is 22.7 Å². The summed E-state index contributed by atoms with van der Waals surface area (Å²) in [6, 6.07) is 15.3. The Labute approximate surface area is 163 Å². The van der Waals surface area contributed by atoms with Crippen LogP contribution in [0.3, 0.4) is 0 Å². The van der Waals surface area contributed by atoms with Crippen LogP contribution < -0.4 is 4.72 Å². The Morgan fingerprint density at radius 1 is 1.11 bits per heavy atom. The van der Waals surface area contributed by atoms with Gasteiger partial charge in [-0.25, -0.2) is 22.8 Å². The van der Waals surface area contributed by atoms with Gasteiger partial charge in [0.1, 0.15) is 0 Å². The number of cyclic esters (lactones) is 1. The minimum absolute atomic E-state index is 0.153. The quantitative estimate of drug-likeness (QED) is 0.771. The number of nitrogens with zero attached hydrogens (tertiary/aromatic N) is 1. The molecule has 2 aromatic rings. The zero-order chi connectivity index (χ0) is 20.1. The van der Waals surface area contributed by atoms with E-state index in [9.17, 15) is 18.0 Å². The molecule has 0 bridgehead atoms. The van der Waals surface area contributed by atoms with Crippen LogP contribution >= 0.6 is 0 Å². The number of hydrogen-bond donors (Lipinski definition) is 1. The van der Waals surface area contributed by atoms with Crippen LogP contribution in [-0.4, -0.2) is 38.5 Å². The summed E-state index contributed by atoms with van der Waals surface area (Å²) < 4.78 is 32.4. The Balaban J connectivity index is 1.80. The highest BCUT2D eigenvalue weighted by molar-refractivity contribution is 7.92. The number of sulfonamides is 1. The van der Waals surface area contributed by atoms with Crippen molar-refractivity contribution in [2.45, 2.75) is 13.0 Å². The third-order valence-electron chi connectivity index (χ3n) is 4.23. The van der Waals surface area contributed by atoms with E-state index in [2.05, 4.69) is 4.72 Å². The number of rotatable bonds is 7. The smallest absolute Gasteiger partial charge is 0.417 e. The first-order valence-electron chi connectivity index (χ1n) is 8.63. The van der Waals surface area contributed by atoms with Crippen molar-refractivity contribution in [1.29, 1.82) is 0 Å². The number of benzene rings is 2. The van der Waals surface area contributed by atoms with Gasteiger partial charge < -0.3 is 4.74 Å². The van der Waals surface area contributed by atoms with Crippen molar-refractivity contribution in [2.24, 2.45) is 0 Å². The predicted octanol–water partition coefficient (Wildman–Crippen LogP) is 2.61. The van der Waals surface area contributed by atoms with Gasteiger partial charge in [0.05, 0.1) is 12.6 Å². The highest BCUT2D eigenvalue weighted by atomic mass is 32.2. The van der Waals surface area contributed by atoms with Gasteiger partial charge in [-0.3, -0.25) is 4.79 Å². The third-order valence-corrected chi connectivity index (χ3v) is 5.34. The highest BCUT2D eigenvalue weighted by Gasteiger charge is 2.34. The van der Waals surface area contributed by atoms with Crippen LogP contribution in [0.5, 0.6) is 0 Å². The standard InChI is InChI=1S/C20H20N2O5S/c1-15-7-9-16(10-8-15)11-12-28(25,26)21-18(17-5-3-2-4-6-17)13-22-19(23)14-27-20(22)24/h2-12,18,21H,13-14H2,1H3/b12-11+. The minimum Gasteiger partial charge on any atom is -0.439 e. The van der Waals surface area contributed by atoms with E-state index in [1.165, 1.54) is 6.08 Å². The van der Waals surface area contributed by atoms with Crippen molar-refractivity contribution in [2.75, 3.05) is 13.2 Å². The molecule has 0 aromatic heterocycles. The lowest BCUT2D eigenvalue weighted by molar-refractivity contribution is -0.126. The number of amides is 2. The molecular weight excluding hydrogens is 380 g/mol. The maximum Gasteiger partial charge on any atom is 0.417 e. The molecule has 1 fully saturated rings. The van der Waals surface area contributed by atoms with Crippen molar-refractivity contribution in [1.82, 2.24) is 9.62 Å². The summed E-state index contributed by atoms with van der Waals surface area (Å²) in [6.45, 7) is 1.46. The molecule has 1 unspecified atom stereocenters. The van der Waals surface area contributed by atoms with Gasteiger partial charge in [-0.2, -0.15) is 0 Å². The molecule has 0 radical (unpaired) electrons. The summed E-state index contributed by atoms with van der Waals surface area (Å²) in [4.78, 5) is 24.5. The van der Waals surface area contributed by atoms with E-state index in [1.807, 2.05) is 31.2 Å². The molecule has 1 saturated heterocycles. The zero-order valence-electron chi connectivity index (χ0n) is 15.2. The Morgan fingerprint density at radius 2 is 1.79 bits per heavy atom. The molecule has 0 saturated carbocycles. The van der Waals surface area contributed by atoms with E-state index in [-0.39, 0.29) is 13.2 Å². The second-order valence-corrected chi connectivity index (χ2v) is 8.00. The van der Waals surface area contributed by atoms with Crippen molar-refractivity contribution >= 4 is 28.1 Å². The number of aryl methyl sites for hydroxylation is 1. The lowest BCUT2D eigenvalue weighted by atomic mass is 10.1. The van der Waals surface area contributed by atoms with Crippen molar-refractivity contribution in [3.63, 3.8) is 0 Å². The first kappa shape index (κ1) is 19.8. The van der Waals surface area contributed by atoms with E-state index in [4.69, 9.17) is 4.74 Å². The fraction of sp³-hybridized carbons (Fsp3) is 0.200. The van der Waals surface area contributed by atoms with Crippen LogP contribution in [0.1, 0.15) is 22.7 Å². The lowest BCUT2D eigenvalue weighted by Gasteiger charge is -2.22. The van der Waals surface area contributed by atoms with Gasteiger partial charge >= 0.3 is 6.09 Å². The summed E-state index contributed by atoms with van der Waals surface area (Å²) in [7, 11) is -3.83. The summed E-state index contributed by atoms with van der Waals surface area (Å²) >= 11 is 0. The van der Waals surface area contributed by atoms with Gasteiger partial charge in [-0.05, 0) is 24.1 Å². The number of carbonyl (C=O) groups is 2. The monoisotopic (exact) mass is 400 g/mol. The van der Waals surface area contributed by atoms with Crippen LogP contribution in [0.2, 0.25) is 0 Å². The minimum atomic E-state index is -3.83. The Kier molecular flexibility index (Phi) is 5.91. The molecule has 1 aliphatic rings. The first-order valence-corrected chi connectivity index (χ1v) is 10.2. The van der Waals surface area contributed by atoms with Crippen molar-refractivity contribution in [3.8, 4) is 0 Å². The number of carbonyl (C=O) groups excluding carboxylic acids is 2. The molecule has 2 amide bonds. The Hall–Kier alpha value is -2.97. The molecule has 146 valence electrons. The molecule has 2 aromatic carbocycles. The molecule has 7 nitrogen and oxygen atoms in total. The van der Waals surface area contributed by atoms with Gasteiger partial charge in [0.15, 0.2) is 6.61 Å². The second-order valence-electron chi connectivity index (χ2n) is 6.40. The van der Waals surface area contributed by atoms with E-state index in [0.29, 0.717) is 5.56 Å². The highest BCUT2D eigenvalue weighted by Crippen LogP contribution is 2.19. The number of hydrogen-bond acceptors (Lipinski definition) is 5. The number of ether oxygens (including phenoxy) is 1. The predicted molar refractivity (Wildman–Crippen MR) is 105 cm³/mol. The van der Waals surface area contributed by atoms with Crippen LogP contribution in [0.4, 0.5) is 4.79 Å². The van der Waals surface area contributed by atoms with Gasteiger partial charge in [-0.1, -0.05) is 60.2 Å². The van der Waals surface area contributed by atoms with Gasteiger partial charge in [0.2, 0.25) is 10.0 Å². The van der Waals surface area contributed by atoms with Crippen LogP contribution in [-0.2, 0) is 19.6 Å². The number of nitrogens with one attached hydrogen (secondary N) is 1. The van der Waals surface area contributed by atoms with Crippen LogP contribution in [0.25, 0.3) is 6.08 Å². The summed E-state index contributed by atoms with van der Waals surface area (Å²) in [6.07, 6.45) is 0.708. The van der Waals surface area contributed by atoms with Gasteiger partial charge in [0, 0.05) is 5.41 Å². The molecule has 8 heteroatoms. The van der Waals surface area contributed by atoms with E-state index < -0.39 is 28.1 Å². The van der Waals surface area contributed by atoms with Crippen LogP contribution in [0.15, 0.2) is 60.0 Å². The van der Waals surface area contributed by atoms with Gasteiger partial charge in [-0.15, -0.1) is 0 Å². The third kappa shape index (κ3) is 5.05. The molecule has 1 aliphatic heterocycles. The van der Waals surface area contributed by atoms with Gasteiger partial charge in [0.25, 0.3) is 5.91 Å². The molecule has 1 N–H and O–H groups in total. The topological polar surface area (TPSA) is 92.8 Å². The maximum atomic E-state index is 12.6. The molecule has 1 atom stereocenters. The zero-order valence-corrected chi connectivity index (χ0v) is 16.1.